The SMILES string of the molecule is Cc1nn(-c2ccc(Cl)cc2Cl)c(C)c1CCNC(C)C. The zero-order chi connectivity index (χ0) is 15.6. The molecule has 3 nitrogen and oxygen atoms in total. The van der Waals surface area contributed by atoms with Crippen molar-refractivity contribution < 1.29 is 0 Å². The van der Waals surface area contributed by atoms with Gasteiger partial charge in [-0.05, 0) is 50.6 Å². The lowest BCUT2D eigenvalue weighted by Crippen LogP contribution is -2.25. The molecule has 0 unspecified atom stereocenters. The summed E-state index contributed by atoms with van der Waals surface area (Å²) in [6.07, 6.45) is 0.959. The maximum absolute atomic E-state index is 6.29. The number of halogens is 2. The number of aryl methyl sites for hydroxylation is 1. The van der Waals surface area contributed by atoms with E-state index in [1.165, 1.54) is 5.56 Å². The highest BCUT2D eigenvalue weighted by atomic mass is 35.5. The van der Waals surface area contributed by atoms with E-state index in [0.29, 0.717) is 16.1 Å². The Labute approximate surface area is 136 Å². The van der Waals surface area contributed by atoms with Crippen molar-refractivity contribution in [3.8, 4) is 5.69 Å². The zero-order valence-electron chi connectivity index (χ0n) is 12.9. The average molecular weight is 326 g/mol. The number of aromatic nitrogens is 2. The highest BCUT2D eigenvalue weighted by molar-refractivity contribution is 6.35. The van der Waals surface area contributed by atoms with Gasteiger partial charge in [0.15, 0.2) is 0 Å². The van der Waals surface area contributed by atoms with Crippen LogP contribution in [-0.4, -0.2) is 22.4 Å². The Morgan fingerprint density at radius 2 is 1.95 bits per heavy atom. The van der Waals surface area contributed by atoms with Crippen LogP contribution in [0.5, 0.6) is 0 Å². The summed E-state index contributed by atoms with van der Waals surface area (Å²) in [5.41, 5.74) is 4.31. The second-order valence-electron chi connectivity index (χ2n) is 5.52. The van der Waals surface area contributed by atoms with Crippen molar-refractivity contribution in [3.63, 3.8) is 0 Å². The lowest BCUT2D eigenvalue weighted by Gasteiger charge is -2.09. The second-order valence-corrected chi connectivity index (χ2v) is 6.36. The molecule has 0 atom stereocenters. The van der Waals surface area contributed by atoms with Gasteiger partial charge in [0, 0.05) is 16.8 Å². The van der Waals surface area contributed by atoms with E-state index in [0.717, 1.165) is 30.0 Å². The molecule has 1 N–H and O–H groups in total. The van der Waals surface area contributed by atoms with Crippen LogP contribution < -0.4 is 5.32 Å². The zero-order valence-corrected chi connectivity index (χ0v) is 14.4. The third kappa shape index (κ3) is 3.79. The van der Waals surface area contributed by atoms with Crippen LogP contribution >= 0.6 is 23.2 Å². The van der Waals surface area contributed by atoms with Gasteiger partial charge in [0.25, 0.3) is 0 Å². The van der Waals surface area contributed by atoms with Crippen LogP contribution in [0.15, 0.2) is 18.2 Å². The quantitative estimate of drug-likeness (QED) is 0.886. The molecule has 21 heavy (non-hydrogen) atoms. The first kappa shape index (κ1) is 16.3. The molecule has 0 amide bonds. The predicted molar refractivity (Wildman–Crippen MR) is 89.9 cm³/mol. The molecule has 0 saturated heterocycles. The van der Waals surface area contributed by atoms with Crippen molar-refractivity contribution >= 4 is 23.2 Å². The van der Waals surface area contributed by atoms with E-state index < -0.39 is 0 Å². The molecule has 0 aliphatic carbocycles. The Balaban J connectivity index is 2.30. The highest BCUT2D eigenvalue weighted by Gasteiger charge is 2.14. The van der Waals surface area contributed by atoms with E-state index in [4.69, 9.17) is 23.2 Å². The van der Waals surface area contributed by atoms with E-state index in [2.05, 4.69) is 31.2 Å². The number of nitrogens with zero attached hydrogens (tertiary/aromatic N) is 2. The van der Waals surface area contributed by atoms with Gasteiger partial charge in [-0.3, -0.25) is 0 Å². The van der Waals surface area contributed by atoms with Crippen molar-refractivity contribution in [2.75, 3.05) is 6.54 Å². The Morgan fingerprint density at radius 3 is 2.57 bits per heavy atom. The summed E-state index contributed by atoms with van der Waals surface area (Å²) in [4.78, 5) is 0. The summed E-state index contributed by atoms with van der Waals surface area (Å²) in [6, 6.07) is 5.97. The normalized spacial score (nSPS) is 11.4. The molecule has 0 aliphatic heterocycles. The summed E-state index contributed by atoms with van der Waals surface area (Å²) in [5, 5.41) is 9.31. The maximum Gasteiger partial charge on any atom is 0.0836 e. The van der Waals surface area contributed by atoms with Crippen LogP contribution in [0.3, 0.4) is 0 Å². The van der Waals surface area contributed by atoms with Gasteiger partial charge in [-0.1, -0.05) is 37.0 Å². The molecule has 0 bridgehead atoms. The number of benzene rings is 1. The van der Waals surface area contributed by atoms with Crippen LogP contribution in [-0.2, 0) is 6.42 Å². The fourth-order valence-electron chi connectivity index (χ4n) is 2.41. The van der Waals surface area contributed by atoms with Crippen LogP contribution in [0.25, 0.3) is 5.69 Å². The monoisotopic (exact) mass is 325 g/mol. The molecule has 0 spiro atoms. The molecular formula is C16H21Cl2N3. The molecule has 0 radical (unpaired) electrons. The Kier molecular flexibility index (Phi) is 5.31. The van der Waals surface area contributed by atoms with Crippen molar-refractivity contribution in [2.45, 2.75) is 40.2 Å². The van der Waals surface area contributed by atoms with Crippen molar-refractivity contribution in [3.05, 3.63) is 45.2 Å². The van der Waals surface area contributed by atoms with E-state index in [1.54, 1.807) is 6.07 Å². The van der Waals surface area contributed by atoms with Gasteiger partial charge >= 0.3 is 0 Å². The third-order valence-electron chi connectivity index (χ3n) is 3.51. The van der Waals surface area contributed by atoms with Crippen LogP contribution in [0.2, 0.25) is 10.0 Å². The van der Waals surface area contributed by atoms with Gasteiger partial charge in [-0.15, -0.1) is 0 Å². The molecule has 0 fully saturated rings. The summed E-state index contributed by atoms with van der Waals surface area (Å²) < 4.78 is 1.90. The standard InChI is InChI=1S/C16H21Cl2N3/c1-10(2)19-8-7-14-11(3)20-21(12(14)4)16-6-5-13(17)9-15(16)18/h5-6,9-10,19H,7-8H2,1-4H3. The largest absolute Gasteiger partial charge is 0.314 e. The smallest absolute Gasteiger partial charge is 0.0836 e. The van der Waals surface area contributed by atoms with E-state index in [1.807, 2.05) is 23.7 Å². The maximum atomic E-state index is 6.29. The lowest BCUT2D eigenvalue weighted by atomic mass is 10.1. The van der Waals surface area contributed by atoms with E-state index in [-0.39, 0.29) is 0 Å². The van der Waals surface area contributed by atoms with Gasteiger partial charge in [0.05, 0.1) is 16.4 Å². The van der Waals surface area contributed by atoms with Crippen LogP contribution in [0, 0.1) is 13.8 Å². The molecule has 114 valence electrons. The molecular weight excluding hydrogens is 305 g/mol. The molecule has 1 heterocycles. The Bertz CT molecular complexity index is 633. The molecule has 0 aliphatic rings. The Hall–Kier alpha value is -1.03. The minimum atomic E-state index is 0.492. The molecule has 5 heteroatoms. The molecule has 1 aromatic heterocycles. The Morgan fingerprint density at radius 1 is 1.24 bits per heavy atom. The van der Waals surface area contributed by atoms with Crippen molar-refractivity contribution in [2.24, 2.45) is 0 Å². The predicted octanol–water partition coefficient (Wildman–Crippen LogP) is 4.34. The summed E-state index contributed by atoms with van der Waals surface area (Å²) in [5.74, 6) is 0. The third-order valence-corrected chi connectivity index (χ3v) is 4.04. The first-order chi connectivity index (χ1) is 9.90. The summed E-state index contributed by atoms with van der Waals surface area (Å²) in [7, 11) is 0. The first-order valence-electron chi connectivity index (χ1n) is 7.14. The van der Waals surface area contributed by atoms with Crippen molar-refractivity contribution in [1.29, 1.82) is 0 Å². The minimum Gasteiger partial charge on any atom is -0.314 e. The topological polar surface area (TPSA) is 29.9 Å². The molecule has 0 saturated carbocycles. The number of hydrogen-bond donors (Lipinski definition) is 1. The van der Waals surface area contributed by atoms with Gasteiger partial charge in [0.1, 0.15) is 0 Å². The summed E-state index contributed by atoms with van der Waals surface area (Å²) in [6.45, 7) is 9.36. The van der Waals surface area contributed by atoms with Gasteiger partial charge < -0.3 is 5.32 Å². The number of hydrogen-bond acceptors (Lipinski definition) is 2. The fraction of sp³-hybridized carbons (Fsp3) is 0.438. The highest BCUT2D eigenvalue weighted by Crippen LogP contribution is 2.26. The van der Waals surface area contributed by atoms with Crippen molar-refractivity contribution in [1.82, 2.24) is 15.1 Å². The van der Waals surface area contributed by atoms with Gasteiger partial charge in [0.2, 0.25) is 0 Å². The minimum absolute atomic E-state index is 0.492. The van der Waals surface area contributed by atoms with E-state index in [9.17, 15) is 0 Å². The average Bonchev–Trinajstić information content (AvgIpc) is 2.66. The lowest BCUT2D eigenvalue weighted by molar-refractivity contribution is 0.589. The second kappa shape index (κ2) is 6.82. The molecule has 1 aromatic carbocycles. The van der Waals surface area contributed by atoms with Gasteiger partial charge in [-0.2, -0.15) is 5.10 Å². The number of rotatable bonds is 5. The summed E-state index contributed by atoms with van der Waals surface area (Å²) >= 11 is 12.2. The molecule has 2 rings (SSSR count). The fourth-order valence-corrected chi connectivity index (χ4v) is 2.90. The number of nitrogens with one attached hydrogen (secondary N) is 1. The molecule has 2 aromatic rings. The first-order valence-corrected chi connectivity index (χ1v) is 7.89. The van der Waals surface area contributed by atoms with Crippen LogP contribution in [0.1, 0.15) is 30.8 Å². The van der Waals surface area contributed by atoms with Crippen LogP contribution in [0.4, 0.5) is 0 Å². The van der Waals surface area contributed by atoms with E-state index >= 15 is 0 Å². The van der Waals surface area contributed by atoms with Gasteiger partial charge in [-0.25, -0.2) is 4.68 Å².